The Morgan fingerprint density at radius 1 is 1.31 bits per heavy atom. The number of hydrogen-bond acceptors (Lipinski definition) is 4. The van der Waals surface area contributed by atoms with Gasteiger partial charge in [-0.1, -0.05) is 12.1 Å². The summed E-state index contributed by atoms with van der Waals surface area (Å²) >= 11 is 0. The second-order valence-corrected chi connectivity index (χ2v) is 7.29. The predicted molar refractivity (Wildman–Crippen MR) is 100.0 cm³/mol. The number of likely N-dealkylation sites (tertiary alicyclic amines) is 2. The number of piperidine rings is 1. The van der Waals surface area contributed by atoms with Gasteiger partial charge in [-0.3, -0.25) is 9.59 Å². The SMILES string of the molecule is COc1cccc(C2CN(C(=O)CCCN3CCCCC3=O)CC2N)c1. The molecule has 2 saturated heterocycles. The van der Waals surface area contributed by atoms with Gasteiger partial charge in [0.25, 0.3) is 0 Å². The lowest BCUT2D eigenvalue weighted by molar-refractivity contribution is -0.134. The van der Waals surface area contributed by atoms with Crippen molar-refractivity contribution >= 4 is 11.8 Å². The first-order chi connectivity index (χ1) is 12.6. The Bertz CT molecular complexity index is 649. The summed E-state index contributed by atoms with van der Waals surface area (Å²) < 4.78 is 5.29. The van der Waals surface area contributed by atoms with Gasteiger partial charge in [0, 0.05) is 51.0 Å². The molecule has 0 bridgehead atoms. The van der Waals surface area contributed by atoms with E-state index in [0.29, 0.717) is 32.5 Å². The van der Waals surface area contributed by atoms with Crippen LogP contribution >= 0.6 is 0 Å². The van der Waals surface area contributed by atoms with E-state index in [9.17, 15) is 9.59 Å². The Kier molecular flexibility index (Phi) is 6.14. The summed E-state index contributed by atoms with van der Waals surface area (Å²) in [7, 11) is 1.65. The molecule has 2 aliphatic heterocycles. The summed E-state index contributed by atoms with van der Waals surface area (Å²) in [5.74, 6) is 1.31. The minimum absolute atomic E-state index is 0.0604. The third kappa shape index (κ3) is 4.36. The smallest absolute Gasteiger partial charge is 0.222 e. The topological polar surface area (TPSA) is 75.9 Å². The zero-order valence-electron chi connectivity index (χ0n) is 15.5. The van der Waals surface area contributed by atoms with Crippen molar-refractivity contribution < 1.29 is 14.3 Å². The fourth-order valence-corrected chi connectivity index (χ4v) is 3.93. The van der Waals surface area contributed by atoms with E-state index in [1.807, 2.05) is 34.1 Å². The van der Waals surface area contributed by atoms with Gasteiger partial charge in [0.05, 0.1) is 7.11 Å². The average Bonchev–Trinajstić information content (AvgIpc) is 3.05. The maximum atomic E-state index is 12.6. The molecule has 1 aromatic rings. The number of nitrogens with zero attached hydrogens (tertiary/aromatic N) is 2. The third-order valence-corrected chi connectivity index (χ3v) is 5.48. The Hall–Kier alpha value is -2.08. The van der Waals surface area contributed by atoms with Crippen molar-refractivity contribution in [2.24, 2.45) is 5.73 Å². The van der Waals surface area contributed by atoms with E-state index >= 15 is 0 Å². The van der Waals surface area contributed by atoms with Crippen LogP contribution in [0.4, 0.5) is 0 Å². The molecule has 3 rings (SSSR count). The quantitative estimate of drug-likeness (QED) is 0.839. The van der Waals surface area contributed by atoms with Crippen molar-refractivity contribution in [2.45, 2.75) is 44.1 Å². The molecule has 0 radical (unpaired) electrons. The Morgan fingerprint density at radius 3 is 2.92 bits per heavy atom. The number of nitrogens with two attached hydrogens (primary N) is 1. The molecule has 2 amide bonds. The van der Waals surface area contributed by atoms with Crippen LogP contribution in [0.2, 0.25) is 0 Å². The van der Waals surface area contributed by atoms with Gasteiger partial charge in [0.1, 0.15) is 5.75 Å². The second-order valence-electron chi connectivity index (χ2n) is 7.29. The standard InChI is InChI=1S/C20H29N3O3/c1-26-16-7-4-6-15(12-16)17-13-23(14-18(17)21)20(25)9-5-11-22-10-3-2-8-19(22)24/h4,6-7,12,17-18H,2-3,5,8-11,13-14,21H2,1H3. The first-order valence-electron chi connectivity index (χ1n) is 9.53. The summed E-state index contributed by atoms with van der Waals surface area (Å²) in [5.41, 5.74) is 7.42. The number of benzene rings is 1. The number of amides is 2. The minimum Gasteiger partial charge on any atom is -0.497 e. The maximum absolute atomic E-state index is 12.6. The van der Waals surface area contributed by atoms with Crippen molar-refractivity contribution in [1.82, 2.24) is 9.80 Å². The predicted octanol–water partition coefficient (Wildman–Crippen LogP) is 1.74. The highest BCUT2D eigenvalue weighted by molar-refractivity contribution is 5.78. The lowest BCUT2D eigenvalue weighted by Gasteiger charge is -2.26. The fourth-order valence-electron chi connectivity index (χ4n) is 3.93. The molecule has 0 spiro atoms. The van der Waals surface area contributed by atoms with Crippen LogP contribution < -0.4 is 10.5 Å². The molecule has 6 heteroatoms. The zero-order chi connectivity index (χ0) is 18.5. The van der Waals surface area contributed by atoms with E-state index in [1.165, 1.54) is 0 Å². The molecule has 0 aromatic heterocycles. The molecular formula is C20H29N3O3. The van der Waals surface area contributed by atoms with Crippen LogP contribution in [-0.4, -0.2) is 60.9 Å². The molecule has 1 aromatic carbocycles. The second kappa shape index (κ2) is 8.54. The van der Waals surface area contributed by atoms with Gasteiger partial charge in [-0.25, -0.2) is 0 Å². The van der Waals surface area contributed by atoms with Crippen molar-refractivity contribution in [3.63, 3.8) is 0 Å². The van der Waals surface area contributed by atoms with E-state index in [4.69, 9.17) is 10.5 Å². The Labute approximate surface area is 155 Å². The normalized spacial score (nSPS) is 23.4. The van der Waals surface area contributed by atoms with Crippen molar-refractivity contribution in [1.29, 1.82) is 0 Å². The van der Waals surface area contributed by atoms with Crippen molar-refractivity contribution in [3.8, 4) is 5.75 Å². The van der Waals surface area contributed by atoms with Crippen LogP contribution in [0.5, 0.6) is 5.75 Å². The van der Waals surface area contributed by atoms with Gasteiger partial charge in [0.2, 0.25) is 11.8 Å². The molecule has 6 nitrogen and oxygen atoms in total. The van der Waals surface area contributed by atoms with Crippen LogP contribution in [0.25, 0.3) is 0 Å². The summed E-state index contributed by atoms with van der Waals surface area (Å²) in [4.78, 5) is 28.1. The Balaban J connectivity index is 1.50. The zero-order valence-corrected chi connectivity index (χ0v) is 15.5. The van der Waals surface area contributed by atoms with E-state index in [0.717, 1.165) is 37.1 Å². The number of hydrogen-bond donors (Lipinski definition) is 1. The summed E-state index contributed by atoms with van der Waals surface area (Å²) in [6.45, 7) is 2.75. The van der Waals surface area contributed by atoms with Gasteiger partial charge in [-0.15, -0.1) is 0 Å². The fraction of sp³-hybridized carbons (Fsp3) is 0.600. The van der Waals surface area contributed by atoms with Gasteiger partial charge < -0.3 is 20.3 Å². The van der Waals surface area contributed by atoms with Crippen LogP contribution in [0, 0.1) is 0 Å². The van der Waals surface area contributed by atoms with Gasteiger partial charge in [-0.05, 0) is 37.0 Å². The first kappa shape index (κ1) is 18.7. The summed E-state index contributed by atoms with van der Waals surface area (Å²) in [6.07, 6.45) is 3.91. The summed E-state index contributed by atoms with van der Waals surface area (Å²) in [5, 5.41) is 0. The van der Waals surface area contributed by atoms with Crippen LogP contribution in [0.15, 0.2) is 24.3 Å². The van der Waals surface area contributed by atoms with Crippen molar-refractivity contribution in [3.05, 3.63) is 29.8 Å². The van der Waals surface area contributed by atoms with Gasteiger partial charge in [-0.2, -0.15) is 0 Å². The highest BCUT2D eigenvalue weighted by Crippen LogP contribution is 2.29. The monoisotopic (exact) mass is 359 g/mol. The first-order valence-corrected chi connectivity index (χ1v) is 9.53. The lowest BCUT2D eigenvalue weighted by Crippen LogP contribution is -2.37. The number of rotatable bonds is 6. The highest BCUT2D eigenvalue weighted by atomic mass is 16.5. The number of carbonyl (C=O) groups is 2. The molecule has 26 heavy (non-hydrogen) atoms. The van der Waals surface area contributed by atoms with E-state index in [2.05, 4.69) is 0 Å². The van der Waals surface area contributed by atoms with E-state index in [1.54, 1.807) is 7.11 Å². The third-order valence-electron chi connectivity index (χ3n) is 5.48. The largest absolute Gasteiger partial charge is 0.497 e. The molecular weight excluding hydrogens is 330 g/mol. The molecule has 0 saturated carbocycles. The molecule has 2 N–H and O–H groups in total. The van der Waals surface area contributed by atoms with Crippen LogP contribution in [0.3, 0.4) is 0 Å². The summed E-state index contributed by atoms with van der Waals surface area (Å²) in [6, 6.07) is 7.86. The molecule has 2 unspecified atom stereocenters. The Morgan fingerprint density at radius 2 is 2.15 bits per heavy atom. The lowest BCUT2D eigenvalue weighted by atomic mass is 9.95. The van der Waals surface area contributed by atoms with Crippen LogP contribution in [0.1, 0.15) is 43.6 Å². The van der Waals surface area contributed by atoms with Gasteiger partial charge in [0.15, 0.2) is 0 Å². The van der Waals surface area contributed by atoms with E-state index < -0.39 is 0 Å². The maximum Gasteiger partial charge on any atom is 0.222 e. The average molecular weight is 359 g/mol. The van der Waals surface area contributed by atoms with Gasteiger partial charge >= 0.3 is 0 Å². The molecule has 2 atom stereocenters. The highest BCUT2D eigenvalue weighted by Gasteiger charge is 2.33. The van der Waals surface area contributed by atoms with Crippen LogP contribution in [-0.2, 0) is 9.59 Å². The minimum atomic E-state index is -0.0604. The molecule has 142 valence electrons. The molecule has 2 fully saturated rings. The molecule has 2 aliphatic rings. The molecule has 0 aliphatic carbocycles. The molecule has 2 heterocycles. The van der Waals surface area contributed by atoms with Crippen molar-refractivity contribution in [2.75, 3.05) is 33.3 Å². The van der Waals surface area contributed by atoms with E-state index in [-0.39, 0.29) is 23.8 Å². The number of ether oxygens (including phenoxy) is 1. The number of methoxy groups -OCH3 is 1. The number of carbonyl (C=O) groups excluding carboxylic acids is 2.